The number of carbonyl (C=O) groups excluding carboxylic acids is 1. The minimum Gasteiger partial charge on any atom is -0.359 e. The Morgan fingerprint density at radius 2 is 1.97 bits per heavy atom. The number of hydrogen-bond acceptors (Lipinski definition) is 6. The van der Waals surface area contributed by atoms with Gasteiger partial charge in [-0.15, -0.1) is 11.3 Å². The lowest BCUT2D eigenvalue weighted by atomic mass is 9.84. The van der Waals surface area contributed by atoms with E-state index in [1.54, 1.807) is 16.0 Å². The number of fused-ring (bicyclic) bond motifs is 1. The number of thiazole rings is 1. The van der Waals surface area contributed by atoms with Gasteiger partial charge in [0.25, 0.3) is 0 Å². The van der Waals surface area contributed by atoms with Crippen LogP contribution in [0, 0.1) is 0 Å². The fraction of sp³-hybridized carbons (Fsp3) is 0.542. The van der Waals surface area contributed by atoms with Gasteiger partial charge in [0.05, 0.1) is 28.7 Å². The van der Waals surface area contributed by atoms with Crippen LogP contribution in [0.15, 0.2) is 29.8 Å². The van der Waals surface area contributed by atoms with Crippen molar-refractivity contribution in [3.05, 3.63) is 40.3 Å². The van der Waals surface area contributed by atoms with Gasteiger partial charge in [-0.25, -0.2) is 4.98 Å². The van der Waals surface area contributed by atoms with Crippen molar-refractivity contribution >= 4 is 34.0 Å². The van der Waals surface area contributed by atoms with Crippen LogP contribution in [0.4, 0.5) is 19.0 Å². The minimum atomic E-state index is -4.44. The number of nitrogens with zero attached hydrogens (tertiary/aromatic N) is 4. The second-order valence-electron chi connectivity index (χ2n) is 9.34. The van der Waals surface area contributed by atoms with E-state index < -0.39 is 11.7 Å². The lowest BCUT2D eigenvalue weighted by Gasteiger charge is -2.46. The molecule has 0 spiro atoms. The van der Waals surface area contributed by atoms with Crippen molar-refractivity contribution in [2.24, 2.45) is 0 Å². The van der Waals surface area contributed by atoms with Gasteiger partial charge in [0, 0.05) is 48.6 Å². The molecule has 1 aliphatic heterocycles. The van der Waals surface area contributed by atoms with Gasteiger partial charge in [0.1, 0.15) is 0 Å². The van der Waals surface area contributed by atoms with Crippen molar-refractivity contribution in [2.45, 2.75) is 63.3 Å². The highest BCUT2D eigenvalue weighted by Gasteiger charge is 2.36. The molecule has 1 amide bonds. The van der Waals surface area contributed by atoms with Crippen LogP contribution in [-0.2, 0) is 17.5 Å². The summed E-state index contributed by atoms with van der Waals surface area (Å²) < 4.78 is 41.1. The molecule has 11 heteroatoms. The number of nitrogens with one attached hydrogen (secondary N) is 2. The lowest BCUT2D eigenvalue weighted by molar-refractivity contribution is -0.137. The molecule has 2 aliphatic rings. The lowest BCUT2D eigenvalue weighted by Crippen LogP contribution is -2.63. The van der Waals surface area contributed by atoms with Crippen LogP contribution < -0.4 is 10.6 Å². The highest BCUT2D eigenvalue weighted by molar-refractivity contribution is 7.09. The molecule has 7 nitrogen and oxygen atoms in total. The van der Waals surface area contributed by atoms with Crippen LogP contribution in [0.2, 0.25) is 0 Å². The van der Waals surface area contributed by atoms with Gasteiger partial charge in [-0.05, 0) is 50.8 Å². The first-order valence-corrected chi connectivity index (χ1v) is 12.9. The number of likely N-dealkylation sites (tertiary alicyclic amines) is 1. The predicted octanol–water partition coefficient (Wildman–Crippen LogP) is 4.47. The Hall–Kier alpha value is -2.66. The first-order valence-electron chi connectivity index (χ1n) is 12.1. The Labute approximate surface area is 205 Å². The predicted molar refractivity (Wildman–Crippen MR) is 130 cm³/mol. The van der Waals surface area contributed by atoms with Gasteiger partial charge in [-0.3, -0.25) is 14.4 Å². The average molecular weight is 507 g/mol. The maximum Gasteiger partial charge on any atom is 0.416 e. The Morgan fingerprint density at radius 3 is 2.63 bits per heavy atom. The molecule has 3 heterocycles. The third-order valence-electron chi connectivity index (χ3n) is 7.08. The Morgan fingerprint density at radius 1 is 1.20 bits per heavy atom. The quantitative estimate of drug-likeness (QED) is 0.495. The molecule has 0 unspecified atom stereocenters. The molecule has 188 valence electrons. The van der Waals surface area contributed by atoms with Gasteiger partial charge < -0.3 is 10.6 Å². The molecule has 0 atom stereocenters. The standard InChI is InChI=1S/C24H29F3N6OS/c1-2-33-20-8-5-16(24(25,26)27)11-19(20)22(31-33)29-12-21(34)30-17-13-32(14-17)18-6-3-15(4-7-18)23-28-9-10-35-23/h5,8-11,15,17-18H,2-4,6-7,12-14H2,1H3,(H,29,31)(H,30,34). The van der Waals surface area contributed by atoms with Gasteiger partial charge >= 0.3 is 6.18 Å². The third kappa shape index (κ3) is 5.16. The second-order valence-corrected chi connectivity index (χ2v) is 10.3. The summed E-state index contributed by atoms with van der Waals surface area (Å²) in [4.78, 5) is 19.4. The van der Waals surface area contributed by atoms with Crippen molar-refractivity contribution in [2.75, 3.05) is 25.0 Å². The summed E-state index contributed by atoms with van der Waals surface area (Å²) in [7, 11) is 0. The fourth-order valence-corrected chi connectivity index (χ4v) is 6.01. The molecule has 2 aromatic heterocycles. The second kappa shape index (κ2) is 9.77. The van der Waals surface area contributed by atoms with E-state index in [1.165, 1.54) is 11.1 Å². The van der Waals surface area contributed by atoms with Crippen LogP contribution >= 0.6 is 11.3 Å². The van der Waals surface area contributed by atoms with Crippen molar-refractivity contribution in [1.29, 1.82) is 0 Å². The molecule has 0 radical (unpaired) electrons. The smallest absolute Gasteiger partial charge is 0.359 e. The zero-order valence-corrected chi connectivity index (χ0v) is 20.3. The number of hydrogen-bond donors (Lipinski definition) is 2. The van der Waals surface area contributed by atoms with Crippen molar-refractivity contribution < 1.29 is 18.0 Å². The van der Waals surface area contributed by atoms with E-state index >= 15 is 0 Å². The molecular formula is C24H29F3N6OS. The first-order chi connectivity index (χ1) is 16.8. The normalized spacial score (nSPS) is 21.7. The van der Waals surface area contributed by atoms with Crippen LogP contribution in [0.3, 0.4) is 0 Å². The molecule has 2 fully saturated rings. The first kappa shape index (κ1) is 24.1. The van der Waals surface area contributed by atoms with E-state index in [4.69, 9.17) is 0 Å². The zero-order chi connectivity index (χ0) is 24.6. The molecule has 1 aromatic carbocycles. The zero-order valence-electron chi connectivity index (χ0n) is 19.5. The SMILES string of the molecule is CCn1nc(NCC(=O)NC2CN(C3CCC(c4nccs4)CC3)C2)c2cc(C(F)(F)F)ccc21. The van der Waals surface area contributed by atoms with Crippen molar-refractivity contribution in [3.63, 3.8) is 0 Å². The molecule has 1 saturated carbocycles. The van der Waals surface area contributed by atoms with Crippen LogP contribution in [0.5, 0.6) is 0 Å². The van der Waals surface area contributed by atoms with Gasteiger partial charge in [-0.2, -0.15) is 18.3 Å². The summed E-state index contributed by atoms with van der Waals surface area (Å²) in [6.45, 7) is 4.01. The number of halogens is 3. The topological polar surface area (TPSA) is 75.1 Å². The molecule has 0 bridgehead atoms. The van der Waals surface area contributed by atoms with Gasteiger partial charge in [0.2, 0.25) is 5.91 Å². The average Bonchev–Trinajstić information content (AvgIpc) is 3.47. The number of carbonyl (C=O) groups is 1. The van der Waals surface area contributed by atoms with E-state index in [0.29, 0.717) is 29.4 Å². The minimum absolute atomic E-state index is 0.0402. The van der Waals surface area contributed by atoms with E-state index in [9.17, 15) is 18.0 Å². The number of rotatable bonds is 7. The number of anilines is 1. The molecule has 1 aliphatic carbocycles. The summed E-state index contributed by atoms with van der Waals surface area (Å²) in [6, 6.07) is 4.22. The van der Waals surface area contributed by atoms with E-state index in [1.807, 2.05) is 18.5 Å². The van der Waals surface area contributed by atoms with Gasteiger partial charge in [-0.1, -0.05) is 0 Å². The number of aromatic nitrogens is 3. The van der Waals surface area contributed by atoms with E-state index in [2.05, 4.69) is 25.6 Å². The van der Waals surface area contributed by atoms with Crippen molar-refractivity contribution in [3.8, 4) is 0 Å². The molecule has 5 rings (SSSR count). The number of alkyl halides is 3. The van der Waals surface area contributed by atoms with Gasteiger partial charge in [0.15, 0.2) is 5.82 Å². The Balaban J connectivity index is 1.11. The molecular weight excluding hydrogens is 477 g/mol. The Kier molecular flexibility index (Phi) is 6.71. The molecule has 35 heavy (non-hydrogen) atoms. The van der Waals surface area contributed by atoms with Crippen molar-refractivity contribution in [1.82, 2.24) is 25.0 Å². The summed E-state index contributed by atoms with van der Waals surface area (Å²) in [5.74, 6) is 0.678. The molecule has 2 N–H and O–H groups in total. The summed E-state index contributed by atoms with van der Waals surface area (Å²) in [6.07, 6.45) is 2.06. The largest absolute Gasteiger partial charge is 0.416 e. The maximum absolute atomic E-state index is 13.2. The number of aryl methyl sites for hydroxylation is 1. The highest BCUT2D eigenvalue weighted by atomic mass is 32.1. The number of amides is 1. The molecule has 3 aromatic rings. The summed E-state index contributed by atoms with van der Waals surface area (Å²) >= 11 is 1.74. The molecule has 1 saturated heterocycles. The van der Waals surface area contributed by atoms with Crippen LogP contribution in [0.25, 0.3) is 10.9 Å². The highest BCUT2D eigenvalue weighted by Crippen LogP contribution is 2.37. The number of benzene rings is 1. The fourth-order valence-electron chi connectivity index (χ4n) is 5.20. The van der Waals surface area contributed by atoms with E-state index in [0.717, 1.165) is 50.9 Å². The summed E-state index contributed by atoms with van der Waals surface area (Å²) in [5.41, 5.74) is -0.133. The third-order valence-corrected chi connectivity index (χ3v) is 8.02. The van der Waals surface area contributed by atoms with Crippen LogP contribution in [-0.4, -0.2) is 57.3 Å². The monoisotopic (exact) mass is 506 g/mol. The maximum atomic E-state index is 13.2. The van der Waals surface area contributed by atoms with E-state index in [-0.39, 0.29) is 24.3 Å². The summed E-state index contributed by atoms with van der Waals surface area (Å²) in [5, 5.41) is 14.0. The van der Waals surface area contributed by atoms with Crippen LogP contribution in [0.1, 0.15) is 49.1 Å². The Bertz CT molecular complexity index is 1160.